The first-order valence-corrected chi connectivity index (χ1v) is 29.0. The van der Waals surface area contributed by atoms with Gasteiger partial charge >= 0.3 is 0 Å². The van der Waals surface area contributed by atoms with E-state index in [-0.39, 0.29) is 18.9 Å². The van der Waals surface area contributed by atoms with Gasteiger partial charge in [-0.25, -0.2) is 0 Å². The highest BCUT2D eigenvalue weighted by molar-refractivity contribution is 5.76. The molecule has 3 aliphatic heterocycles. The van der Waals surface area contributed by atoms with E-state index in [1.54, 1.807) is 6.08 Å². The van der Waals surface area contributed by atoms with E-state index in [0.29, 0.717) is 12.8 Å². The molecule has 19 heteroatoms. The van der Waals surface area contributed by atoms with Crippen LogP contribution in [-0.4, -0.2) is 193 Å². The number of rotatable bonds is 41. The molecule has 3 rings (SSSR count). The molecule has 3 heterocycles. The maximum Gasteiger partial charge on any atom is 0.220 e. The molecular weight excluding hydrogens is 999 g/mol. The molecule has 77 heavy (non-hydrogen) atoms. The average molecular weight is 1100 g/mol. The van der Waals surface area contributed by atoms with Gasteiger partial charge in [0, 0.05) is 6.42 Å². The normalized spacial score (nSPS) is 31.2. The standard InChI is InChI=1S/C58H101NO18/c1-3-5-7-9-11-13-15-17-19-21-23-25-27-29-31-33-35-42(63)41(59-46(64)36-34-32-30-28-26-24-22-20-18-16-14-12-10-8-6-4-2)40-72-56-52(70)49(67)54(44(38-61)74-56)77-58-53(71)50(68)55(45(39-62)75-58)76-57-51(69)48(66)47(65)43(37-60)73-57/h14,16-17,19-20,22,25,27,33,35,41-45,47-58,60-63,65-71H,3-13,15,18,21,23-24,26,28-32,34,36-40H2,1-2H3,(H,59,64)/b16-14-,19-17+,22-20-,27-25+,35-33+. The zero-order chi connectivity index (χ0) is 56.2. The molecule has 17 unspecified atom stereocenters. The van der Waals surface area contributed by atoms with Gasteiger partial charge in [-0.05, 0) is 77.0 Å². The summed E-state index contributed by atoms with van der Waals surface area (Å²) < 4.78 is 34.2. The van der Waals surface area contributed by atoms with Crippen LogP contribution in [0.2, 0.25) is 0 Å². The molecule has 0 aromatic heterocycles. The predicted octanol–water partition coefficient (Wildman–Crippen LogP) is 4.48. The van der Waals surface area contributed by atoms with Crippen LogP contribution in [0.5, 0.6) is 0 Å². The number of unbranched alkanes of at least 4 members (excludes halogenated alkanes) is 17. The molecular formula is C58H101NO18. The van der Waals surface area contributed by atoms with Gasteiger partial charge in [-0.15, -0.1) is 0 Å². The first-order chi connectivity index (χ1) is 37.3. The second-order valence-electron chi connectivity index (χ2n) is 20.7. The Kier molecular flexibility index (Phi) is 37.0. The Balaban J connectivity index is 1.55. The molecule has 3 aliphatic rings. The number of aliphatic hydroxyl groups excluding tert-OH is 11. The van der Waals surface area contributed by atoms with Crippen molar-refractivity contribution in [3.8, 4) is 0 Å². The second-order valence-corrected chi connectivity index (χ2v) is 20.7. The first-order valence-electron chi connectivity index (χ1n) is 29.0. The molecule has 0 saturated carbocycles. The van der Waals surface area contributed by atoms with Gasteiger partial charge in [0.1, 0.15) is 73.2 Å². The molecule has 19 nitrogen and oxygen atoms in total. The highest BCUT2D eigenvalue weighted by Crippen LogP contribution is 2.33. The molecule has 0 bridgehead atoms. The number of carbonyl (C=O) groups is 1. The monoisotopic (exact) mass is 1100 g/mol. The number of hydrogen-bond donors (Lipinski definition) is 12. The van der Waals surface area contributed by atoms with E-state index in [1.165, 1.54) is 64.2 Å². The Morgan fingerprint density at radius 3 is 1.39 bits per heavy atom. The molecule has 446 valence electrons. The minimum absolute atomic E-state index is 0.213. The molecule has 0 aromatic rings. The van der Waals surface area contributed by atoms with Crippen molar-refractivity contribution in [2.45, 2.75) is 272 Å². The SMILES string of the molecule is CCCCCC/C=C\C/C=C\CCCCCCCC(=O)NC(COC1OC(CO)C(OC2OC(CO)C(OC3OC(CO)C(O)C(O)C3O)C(O)C2O)C(O)C1O)C(O)/C=C/CC/C=C/CC/C=C/CCCCCCCC. The summed E-state index contributed by atoms with van der Waals surface area (Å²) in [6, 6.07) is -1.00. The lowest BCUT2D eigenvalue weighted by molar-refractivity contribution is -0.379. The molecule has 0 aliphatic carbocycles. The van der Waals surface area contributed by atoms with E-state index < -0.39 is 124 Å². The Labute approximate surface area is 458 Å². The predicted molar refractivity (Wildman–Crippen MR) is 291 cm³/mol. The number of ether oxygens (including phenoxy) is 6. The van der Waals surface area contributed by atoms with Crippen molar-refractivity contribution in [3.63, 3.8) is 0 Å². The first kappa shape index (κ1) is 68.8. The third-order valence-electron chi connectivity index (χ3n) is 14.3. The lowest BCUT2D eigenvalue weighted by Crippen LogP contribution is -2.66. The summed E-state index contributed by atoms with van der Waals surface area (Å²) >= 11 is 0. The lowest BCUT2D eigenvalue weighted by atomic mass is 9.96. The molecule has 0 radical (unpaired) electrons. The maximum atomic E-state index is 13.3. The number of hydrogen-bond acceptors (Lipinski definition) is 18. The summed E-state index contributed by atoms with van der Waals surface area (Å²) in [6.07, 6.45) is 19.2. The molecule has 0 aromatic carbocycles. The minimum Gasteiger partial charge on any atom is -0.394 e. The van der Waals surface area contributed by atoms with Crippen molar-refractivity contribution < 1.29 is 89.4 Å². The number of amides is 1. The van der Waals surface area contributed by atoms with Crippen LogP contribution in [0.3, 0.4) is 0 Å². The van der Waals surface area contributed by atoms with Crippen molar-refractivity contribution in [1.82, 2.24) is 5.32 Å². The Morgan fingerprint density at radius 2 is 0.870 bits per heavy atom. The number of allylic oxidation sites excluding steroid dienone is 9. The van der Waals surface area contributed by atoms with E-state index in [0.717, 1.165) is 70.6 Å². The van der Waals surface area contributed by atoms with Gasteiger partial charge in [-0.2, -0.15) is 0 Å². The maximum absolute atomic E-state index is 13.3. The van der Waals surface area contributed by atoms with Gasteiger partial charge in [0.25, 0.3) is 0 Å². The molecule has 12 N–H and O–H groups in total. The smallest absolute Gasteiger partial charge is 0.220 e. The fraction of sp³-hybridized carbons (Fsp3) is 0.810. The van der Waals surface area contributed by atoms with E-state index in [9.17, 15) is 61.0 Å². The van der Waals surface area contributed by atoms with E-state index >= 15 is 0 Å². The minimum atomic E-state index is -1.98. The van der Waals surface area contributed by atoms with Crippen LogP contribution in [0.1, 0.15) is 168 Å². The van der Waals surface area contributed by atoms with Crippen molar-refractivity contribution in [1.29, 1.82) is 0 Å². The van der Waals surface area contributed by atoms with Crippen LogP contribution >= 0.6 is 0 Å². The highest BCUT2D eigenvalue weighted by Gasteiger charge is 2.53. The van der Waals surface area contributed by atoms with Crippen LogP contribution in [0, 0.1) is 0 Å². The van der Waals surface area contributed by atoms with Crippen molar-refractivity contribution in [3.05, 3.63) is 60.8 Å². The zero-order valence-electron chi connectivity index (χ0n) is 46.2. The molecule has 3 fully saturated rings. The lowest BCUT2D eigenvalue weighted by Gasteiger charge is -2.48. The van der Waals surface area contributed by atoms with Gasteiger partial charge in [0.05, 0.1) is 38.6 Å². The van der Waals surface area contributed by atoms with Gasteiger partial charge in [0.15, 0.2) is 18.9 Å². The second kappa shape index (κ2) is 41.5. The van der Waals surface area contributed by atoms with E-state index in [4.69, 9.17) is 28.4 Å². The third-order valence-corrected chi connectivity index (χ3v) is 14.3. The largest absolute Gasteiger partial charge is 0.394 e. The Hall–Kier alpha value is -2.51. The fourth-order valence-electron chi connectivity index (χ4n) is 9.43. The van der Waals surface area contributed by atoms with Gasteiger partial charge < -0.3 is 89.9 Å². The van der Waals surface area contributed by atoms with Crippen LogP contribution < -0.4 is 5.32 Å². The molecule has 0 spiro atoms. The summed E-state index contributed by atoms with van der Waals surface area (Å²) in [4.78, 5) is 13.3. The third kappa shape index (κ3) is 25.9. The summed E-state index contributed by atoms with van der Waals surface area (Å²) in [7, 11) is 0. The quantitative estimate of drug-likeness (QED) is 0.0297. The molecule has 1 amide bonds. The van der Waals surface area contributed by atoms with Gasteiger partial charge in [-0.3, -0.25) is 4.79 Å². The van der Waals surface area contributed by atoms with Crippen molar-refractivity contribution in [2.75, 3.05) is 26.4 Å². The van der Waals surface area contributed by atoms with Crippen LogP contribution in [0.25, 0.3) is 0 Å². The summed E-state index contributed by atoms with van der Waals surface area (Å²) in [5, 5.41) is 120. The number of nitrogens with one attached hydrogen (secondary N) is 1. The zero-order valence-corrected chi connectivity index (χ0v) is 46.2. The van der Waals surface area contributed by atoms with Crippen LogP contribution in [0.15, 0.2) is 60.8 Å². The van der Waals surface area contributed by atoms with E-state index in [2.05, 4.69) is 67.8 Å². The van der Waals surface area contributed by atoms with Crippen molar-refractivity contribution >= 4 is 5.91 Å². The molecule has 3 saturated heterocycles. The van der Waals surface area contributed by atoms with Gasteiger partial charge in [-0.1, -0.05) is 145 Å². The average Bonchev–Trinajstić information content (AvgIpc) is 3.44. The fourth-order valence-corrected chi connectivity index (χ4v) is 9.43. The number of carbonyl (C=O) groups excluding carboxylic acids is 1. The molecule has 17 atom stereocenters. The summed E-state index contributed by atoms with van der Waals surface area (Å²) in [6.45, 7) is 1.63. The number of aliphatic hydroxyl groups is 11. The summed E-state index contributed by atoms with van der Waals surface area (Å²) in [5.74, 6) is -0.307. The summed E-state index contributed by atoms with van der Waals surface area (Å²) in [5.41, 5.74) is 0. The van der Waals surface area contributed by atoms with Crippen LogP contribution in [-0.2, 0) is 33.2 Å². The van der Waals surface area contributed by atoms with Gasteiger partial charge in [0.2, 0.25) is 5.91 Å². The van der Waals surface area contributed by atoms with E-state index in [1.807, 2.05) is 6.08 Å². The highest BCUT2D eigenvalue weighted by atomic mass is 16.8. The topological polar surface area (TPSA) is 307 Å². The van der Waals surface area contributed by atoms with Crippen LogP contribution in [0.4, 0.5) is 0 Å². The van der Waals surface area contributed by atoms with Crippen molar-refractivity contribution in [2.24, 2.45) is 0 Å². The Bertz CT molecular complexity index is 1650. The Morgan fingerprint density at radius 1 is 0.468 bits per heavy atom.